The van der Waals surface area contributed by atoms with Gasteiger partial charge in [0.2, 0.25) is 5.91 Å². The van der Waals surface area contributed by atoms with Crippen molar-refractivity contribution < 1.29 is 14.7 Å². The van der Waals surface area contributed by atoms with Gasteiger partial charge < -0.3 is 10.0 Å². The topological polar surface area (TPSA) is 91.6 Å². The molecule has 1 fully saturated rings. The zero-order valence-corrected chi connectivity index (χ0v) is 22.4. The summed E-state index contributed by atoms with van der Waals surface area (Å²) in [4.78, 5) is 29.1. The second kappa shape index (κ2) is 9.65. The van der Waals surface area contributed by atoms with E-state index in [0.29, 0.717) is 19.0 Å². The number of carbonyl (C=O) groups is 2. The number of amides is 1. The van der Waals surface area contributed by atoms with E-state index in [1.165, 1.54) is 0 Å². The molecule has 1 amide bonds. The molecule has 2 heterocycles. The second-order valence-electron chi connectivity index (χ2n) is 11.1. The van der Waals surface area contributed by atoms with Crippen LogP contribution >= 0.6 is 0 Å². The molecule has 1 aromatic heterocycles. The molecule has 2 aromatic carbocycles. The summed E-state index contributed by atoms with van der Waals surface area (Å²) >= 11 is 0. The SMILES string of the molecule is Cc1ccc(C(c2ccc3c(nnn3C)c2C)C(C)(C)C(=O)O)cc1CN1CC(=O)N(C)CC(C)C1. The van der Waals surface area contributed by atoms with Crippen molar-refractivity contribution in [2.24, 2.45) is 18.4 Å². The number of carbonyl (C=O) groups excluding carboxylic acids is 1. The Hall–Kier alpha value is -3.26. The number of aliphatic carboxylic acids is 1. The maximum Gasteiger partial charge on any atom is 0.310 e. The molecule has 1 saturated heterocycles. The molecular formula is C28H37N5O3. The quantitative estimate of drug-likeness (QED) is 0.565. The molecule has 192 valence electrons. The number of aryl methyl sites for hydroxylation is 3. The third-order valence-electron chi connectivity index (χ3n) is 7.70. The van der Waals surface area contributed by atoms with Gasteiger partial charge in [-0.05, 0) is 67.5 Å². The first-order valence-electron chi connectivity index (χ1n) is 12.5. The molecule has 36 heavy (non-hydrogen) atoms. The summed E-state index contributed by atoms with van der Waals surface area (Å²) < 4.78 is 1.73. The van der Waals surface area contributed by atoms with E-state index >= 15 is 0 Å². The highest BCUT2D eigenvalue weighted by molar-refractivity contribution is 5.82. The van der Waals surface area contributed by atoms with Gasteiger partial charge in [0.1, 0.15) is 5.52 Å². The number of rotatable bonds is 6. The number of fused-ring (bicyclic) bond motifs is 1. The van der Waals surface area contributed by atoms with E-state index in [4.69, 9.17) is 0 Å². The van der Waals surface area contributed by atoms with Crippen molar-refractivity contribution in [2.75, 3.05) is 26.7 Å². The van der Waals surface area contributed by atoms with E-state index in [0.717, 1.165) is 51.9 Å². The maximum absolute atomic E-state index is 12.6. The molecule has 1 N–H and O–H groups in total. The summed E-state index contributed by atoms with van der Waals surface area (Å²) in [7, 11) is 3.72. The van der Waals surface area contributed by atoms with Gasteiger partial charge in [0.25, 0.3) is 0 Å². The molecule has 2 atom stereocenters. The van der Waals surface area contributed by atoms with Crippen LogP contribution in [-0.4, -0.2) is 68.5 Å². The highest BCUT2D eigenvalue weighted by Crippen LogP contribution is 2.44. The van der Waals surface area contributed by atoms with Crippen molar-refractivity contribution in [1.29, 1.82) is 0 Å². The molecule has 8 nitrogen and oxygen atoms in total. The highest BCUT2D eigenvalue weighted by Gasteiger charge is 2.40. The third-order valence-corrected chi connectivity index (χ3v) is 7.70. The largest absolute Gasteiger partial charge is 0.481 e. The molecule has 0 aliphatic carbocycles. The Morgan fingerprint density at radius 2 is 1.89 bits per heavy atom. The highest BCUT2D eigenvalue weighted by atomic mass is 16.4. The van der Waals surface area contributed by atoms with Crippen LogP contribution in [0.4, 0.5) is 0 Å². The average molecular weight is 492 g/mol. The van der Waals surface area contributed by atoms with Crippen molar-refractivity contribution in [3.05, 3.63) is 58.1 Å². The van der Waals surface area contributed by atoms with Gasteiger partial charge in [0.05, 0.1) is 17.5 Å². The van der Waals surface area contributed by atoms with Crippen LogP contribution in [0.3, 0.4) is 0 Å². The van der Waals surface area contributed by atoms with Crippen LogP contribution in [0.25, 0.3) is 11.0 Å². The van der Waals surface area contributed by atoms with Crippen molar-refractivity contribution in [3.63, 3.8) is 0 Å². The molecule has 1 aliphatic rings. The molecule has 4 rings (SSSR count). The van der Waals surface area contributed by atoms with Crippen LogP contribution in [0, 0.1) is 25.2 Å². The van der Waals surface area contributed by atoms with Crippen molar-refractivity contribution >= 4 is 22.9 Å². The van der Waals surface area contributed by atoms with Gasteiger partial charge in [0.15, 0.2) is 0 Å². The van der Waals surface area contributed by atoms with Gasteiger partial charge in [-0.3, -0.25) is 14.5 Å². The minimum absolute atomic E-state index is 0.131. The third kappa shape index (κ3) is 4.74. The average Bonchev–Trinajstić information content (AvgIpc) is 3.12. The van der Waals surface area contributed by atoms with Crippen LogP contribution in [0.2, 0.25) is 0 Å². The van der Waals surface area contributed by atoms with E-state index in [9.17, 15) is 14.7 Å². The van der Waals surface area contributed by atoms with E-state index < -0.39 is 17.3 Å². The first kappa shape index (κ1) is 25.8. The first-order chi connectivity index (χ1) is 16.9. The summed E-state index contributed by atoms with van der Waals surface area (Å²) in [6, 6.07) is 10.2. The molecule has 8 heteroatoms. The lowest BCUT2D eigenvalue weighted by molar-refractivity contribution is -0.147. The summed E-state index contributed by atoms with van der Waals surface area (Å²) in [6.45, 7) is 12.4. The lowest BCUT2D eigenvalue weighted by Crippen LogP contribution is -2.34. The lowest BCUT2D eigenvalue weighted by atomic mass is 9.69. The fourth-order valence-corrected chi connectivity index (χ4v) is 5.52. The summed E-state index contributed by atoms with van der Waals surface area (Å²) in [6.07, 6.45) is 0. The summed E-state index contributed by atoms with van der Waals surface area (Å²) in [5, 5.41) is 18.8. The number of carboxylic acids is 1. The molecule has 3 aromatic rings. The van der Waals surface area contributed by atoms with Crippen LogP contribution in [-0.2, 0) is 23.2 Å². The Kier molecular flexibility index (Phi) is 6.92. The predicted octanol–water partition coefficient (Wildman–Crippen LogP) is 3.74. The molecule has 2 unspecified atom stereocenters. The molecule has 1 aliphatic heterocycles. The van der Waals surface area contributed by atoms with Crippen LogP contribution < -0.4 is 0 Å². The first-order valence-corrected chi connectivity index (χ1v) is 12.5. The van der Waals surface area contributed by atoms with E-state index in [1.54, 1.807) is 18.5 Å². The fraction of sp³-hybridized carbons (Fsp3) is 0.500. The Balaban J connectivity index is 1.79. The van der Waals surface area contributed by atoms with Gasteiger partial charge >= 0.3 is 5.97 Å². The Morgan fingerprint density at radius 1 is 1.17 bits per heavy atom. The number of hydrogen-bond acceptors (Lipinski definition) is 5. The number of aromatic nitrogens is 3. The minimum atomic E-state index is -1.07. The van der Waals surface area contributed by atoms with Crippen molar-refractivity contribution in [3.8, 4) is 0 Å². The van der Waals surface area contributed by atoms with E-state index in [2.05, 4.69) is 41.2 Å². The van der Waals surface area contributed by atoms with Gasteiger partial charge in [0, 0.05) is 39.6 Å². The van der Waals surface area contributed by atoms with Crippen LogP contribution in [0.1, 0.15) is 54.5 Å². The minimum Gasteiger partial charge on any atom is -0.481 e. The number of carboxylic acid groups (broad SMARTS) is 1. The Bertz CT molecular complexity index is 1310. The monoisotopic (exact) mass is 491 g/mol. The predicted molar refractivity (Wildman–Crippen MR) is 140 cm³/mol. The normalized spacial score (nSPS) is 18.5. The maximum atomic E-state index is 12.6. The summed E-state index contributed by atoms with van der Waals surface area (Å²) in [5.41, 5.74) is 5.70. The van der Waals surface area contributed by atoms with Crippen LogP contribution in [0.5, 0.6) is 0 Å². The Morgan fingerprint density at radius 3 is 2.58 bits per heavy atom. The number of nitrogens with zero attached hydrogens (tertiary/aromatic N) is 5. The molecular weight excluding hydrogens is 454 g/mol. The van der Waals surface area contributed by atoms with Gasteiger partial charge in [-0.1, -0.05) is 36.4 Å². The van der Waals surface area contributed by atoms with E-state index in [-0.39, 0.29) is 5.91 Å². The van der Waals surface area contributed by atoms with Gasteiger partial charge in [-0.25, -0.2) is 4.68 Å². The summed E-state index contributed by atoms with van der Waals surface area (Å²) in [5.74, 6) is -0.740. The second-order valence-corrected chi connectivity index (χ2v) is 11.1. The lowest BCUT2D eigenvalue weighted by Gasteiger charge is -2.33. The van der Waals surface area contributed by atoms with Crippen molar-refractivity contribution in [1.82, 2.24) is 24.8 Å². The zero-order valence-electron chi connectivity index (χ0n) is 22.4. The molecule has 0 bridgehead atoms. The molecule has 0 saturated carbocycles. The van der Waals surface area contributed by atoms with Crippen molar-refractivity contribution in [2.45, 2.75) is 47.1 Å². The number of benzene rings is 2. The smallest absolute Gasteiger partial charge is 0.310 e. The van der Waals surface area contributed by atoms with Gasteiger partial charge in [-0.2, -0.15) is 0 Å². The van der Waals surface area contributed by atoms with E-state index in [1.807, 2.05) is 44.1 Å². The Labute approximate surface area is 212 Å². The fourth-order valence-electron chi connectivity index (χ4n) is 5.52. The molecule has 0 spiro atoms. The van der Waals surface area contributed by atoms with Gasteiger partial charge in [-0.15, -0.1) is 5.10 Å². The standard InChI is InChI=1S/C28H37N5O3/c1-17-13-31(6)24(34)16-33(14-17)15-21-12-20(9-8-18(21)2)25(28(4,5)27(35)36)22-10-11-23-26(19(22)3)29-30-32(23)7/h8-12,17,25H,13-16H2,1-7H3,(H,35,36). The number of likely N-dealkylation sites (N-methyl/N-ethyl adjacent to an activating group) is 1. The zero-order chi connectivity index (χ0) is 26.4. The number of hydrogen-bond donors (Lipinski definition) is 1. The molecule has 0 radical (unpaired) electrons. The van der Waals surface area contributed by atoms with Crippen LogP contribution in [0.15, 0.2) is 30.3 Å².